The fourth-order valence-electron chi connectivity index (χ4n) is 4.68. The van der Waals surface area contributed by atoms with Crippen molar-refractivity contribution in [3.63, 3.8) is 0 Å². The third kappa shape index (κ3) is 4.71. The first-order valence-corrected chi connectivity index (χ1v) is 11.9. The van der Waals surface area contributed by atoms with Gasteiger partial charge < -0.3 is 24.8 Å². The Morgan fingerprint density at radius 1 is 1.18 bits per heavy atom. The first-order valence-electron chi connectivity index (χ1n) is 11.1. The van der Waals surface area contributed by atoms with Crippen molar-refractivity contribution in [2.75, 3.05) is 27.2 Å². The summed E-state index contributed by atoms with van der Waals surface area (Å²) in [7, 11) is 4.17. The molecule has 3 aromatic rings. The maximum absolute atomic E-state index is 10.6. The Labute approximate surface area is 205 Å². The quantitative estimate of drug-likeness (QED) is 0.472. The molecular formula is C25H30ClN5OS. The molecule has 0 spiro atoms. The highest BCUT2D eigenvalue weighted by atomic mass is 35.5. The normalized spacial score (nSPS) is 18.2. The first kappa shape index (κ1) is 23.5. The van der Waals surface area contributed by atoms with Crippen LogP contribution in [0.3, 0.4) is 0 Å². The highest BCUT2D eigenvalue weighted by Crippen LogP contribution is 2.42. The summed E-state index contributed by atoms with van der Waals surface area (Å²) in [5.74, 6) is 0.192. The fraction of sp³-hybridized carbons (Fsp3) is 0.360. The molecule has 0 amide bonds. The molecule has 0 aliphatic carbocycles. The van der Waals surface area contributed by atoms with Crippen LogP contribution in [0.4, 0.5) is 0 Å². The molecule has 1 saturated heterocycles. The van der Waals surface area contributed by atoms with Crippen molar-refractivity contribution in [3.05, 3.63) is 76.3 Å². The summed E-state index contributed by atoms with van der Waals surface area (Å²) in [6.07, 6.45) is 2.81. The van der Waals surface area contributed by atoms with Crippen LogP contribution in [0, 0.1) is 13.8 Å². The topological polar surface area (TPSA) is 56.6 Å². The number of halogens is 1. The maximum Gasteiger partial charge on any atom is 0.170 e. The standard InChI is InChI=1S/C25H30ClN5OS/c1-16-14-19(17(2)31(16)21-15-18(26)9-10-22(21)32)24-23(20-8-5-6-11-27-20)28-25(33)30(24)13-7-12-29(3)4/h5-6,8-11,14-15,23-24,32H,7,12-13H2,1-4H3,(H,28,33)/t23-,24-/m0/s1. The van der Waals surface area contributed by atoms with Crippen molar-refractivity contribution in [1.29, 1.82) is 0 Å². The van der Waals surface area contributed by atoms with E-state index in [9.17, 15) is 5.11 Å². The number of aromatic hydroxyl groups is 1. The van der Waals surface area contributed by atoms with Gasteiger partial charge in [0.15, 0.2) is 5.11 Å². The number of thiocarbonyl (C=S) groups is 1. The fourth-order valence-corrected chi connectivity index (χ4v) is 5.17. The molecule has 1 aliphatic heterocycles. The van der Waals surface area contributed by atoms with Crippen LogP contribution < -0.4 is 5.32 Å². The highest BCUT2D eigenvalue weighted by molar-refractivity contribution is 7.80. The molecular weight excluding hydrogens is 454 g/mol. The average Bonchev–Trinajstić information content (AvgIpc) is 3.25. The molecule has 4 rings (SSSR count). The van der Waals surface area contributed by atoms with E-state index in [1.54, 1.807) is 18.2 Å². The number of phenolic OH excluding ortho intramolecular Hbond substituents is 1. The predicted octanol–water partition coefficient (Wildman–Crippen LogP) is 4.77. The van der Waals surface area contributed by atoms with Crippen molar-refractivity contribution in [2.45, 2.75) is 32.4 Å². The van der Waals surface area contributed by atoms with Gasteiger partial charge in [-0.05, 0) is 95.1 Å². The third-order valence-electron chi connectivity index (χ3n) is 6.17. The monoisotopic (exact) mass is 483 g/mol. The summed E-state index contributed by atoms with van der Waals surface area (Å²) in [6, 6.07) is 13.2. The van der Waals surface area contributed by atoms with Crippen LogP contribution in [-0.2, 0) is 0 Å². The number of nitrogens with one attached hydrogen (secondary N) is 1. The van der Waals surface area contributed by atoms with Gasteiger partial charge in [0.2, 0.25) is 0 Å². The van der Waals surface area contributed by atoms with Crippen LogP contribution in [0.15, 0.2) is 48.7 Å². The van der Waals surface area contributed by atoms with Crippen molar-refractivity contribution < 1.29 is 5.11 Å². The molecule has 0 radical (unpaired) electrons. The van der Waals surface area contributed by atoms with Crippen molar-refractivity contribution in [3.8, 4) is 11.4 Å². The van der Waals surface area contributed by atoms with E-state index in [0.717, 1.165) is 47.3 Å². The minimum Gasteiger partial charge on any atom is -0.506 e. The highest BCUT2D eigenvalue weighted by Gasteiger charge is 2.41. The van der Waals surface area contributed by atoms with Crippen LogP contribution in [0.1, 0.15) is 41.1 Å². The lowest BCUT2D eigenvalue weighted by Gasteiger charge is -2.28. The van der Waals surface area contributed by atoms with Gasteiger partial charge in [-0.15, -0.1) is 0 Å². The zero-order valence-corrected chi connectivity index (χ0v) is 21.0. The van der Waals surface area contributed by atoms with Crippen LogP contribution in [0.25, 0.3) is 5.69 Å². The summed E-state index contributed by atoms with van der Waals surface area (Å²) < 4.78 is 2.06. The molecule has 2 aromatic heterocycles. The summed E-state index contributed by atoms with van der Waals surface area (Å²) in [6.45, 7) is 5.95. The third-order valence-corrected chi connectivity index (χ3v) is 6.76. The zero-order chi connectivity index (χ0) is 23.7. The van der Waals surface area contributed by atoms with Gasteiger partial charge in [-0.1, -0.05) is 17.7 Å². The largest absolute Gasteiger partial charge is 0.506 e. The van der Waals surface area contributed by atoms with Gasteiger partial charge in [-0.3, -0.25) is 4.98 Å². The van der Waals surface area contributed by atoms with Gasteiger partial charge in [0.25, 0.3) is 0 Å². The summed E-state index contributed by atoms with van der Waals surface area (Å²) in [5.41, 5.74) is 4.84. The second kappa shape index (κ2) is 9.71. The van der Waals surface area contributed by atoms with Crippen molar-refractivity contribution in [2.24, 2.45) is 0 Å². The predicted molar refractivity (Wildman–Crippen MR) is 137 cm³/mol. The molecule has 0 saturated carbocycles. The minimum absolute atomic E-state index is 0.0177. The number of benzene rings is 1. The number of aryl methyl sites for hydroxylation is 1. The van der Waals surface area contributed by atoms with Crippen LogP contribution >= 0.6 is 23.8 Å². The van der Waals surface area contributed by atoms with E-state index in [2.05, 4.69) is 51.8 Å². The van der Waals surface area contributed by atoms with Gasteiger partial charge in [0.1, 0.15) is 5.75 Å². The molecule has 2 atom stereocenters. The Hall–Kier alpha value is -2.61. The number of nitrogens with zero attached hydrogens (tertiary/aromatic N) is 4. The number of pyridine rings is 1. The lowest BCUT2D eigenvalue weighted by atomic mass is 9.96. The number of rotatable bonds is 7. The van der Waals surface area contributed by atoms with Gasteiger partial charge in [0.05, 0.1) is 23.5 Å². The van der Waals surface area contributed by atoms with E-state index >= 15 is 0 Å². The van der Waals surface area contributed by atoms with E-state index in [1.165, 1.54) is 0 Å². The first-order chi connectivity index (χ1) is 15.8. The van der Waals surface area contributed by atoms with Crippen LogP contribution in [-0.4, -0.2) is 56.8 Å². The molecule has 3 heterocycles. The van der Waals surface area contributed by atoms with Gasteiger partial charge in [-0.2, -0.15) is 0 Å². The zero-order valence-electron chi connectivity index (χ0n) is 19.4. The molecule has 33 heavy (non-hydrogen) atoms. The van der Waals surface area contributed by atoms with E-state index < -0.39 is 0 Å². The number of hydrogen-bond acceptors (Lipinski definition) is 4. The summed E-state index contributed by atoms with van der Waals surface area (Å²) >= 11 is 12.1. The van der Waals surface area contributed by atoms with Crippen molar-refractivity contribution >= 4 is 28.9 Å². The Morgan fingerprint density at radius 2 is 1.97 bits per heavy atom. The Morgan fingerprint density at radius 3 is 2.67 bits per heavy atom. The Kier molecular flexibility index (Phi) is 6.93. The van der Waals surface area contributed by atoms with Gasteiger partial charge in [-0.25, -0.2) is 0 Å². The number of hydrogen-bond donors (Lipinski definition) is 2. The molecule has 0 bridgehead atoms. The smallest absolute Gasteiger partial charge is 0.170 e. The van der Waals surface area contributed by atoms with Gasteiger partial charge >= 0.3 is 0 Å². The SMILES string of the molecule is Cc1cc([C@H]2[C@H](c3ccccn3)NC(=S)N2CCCN(C)C)c(C)n1-c1cc(Cl)ccc1O. The molecule has 1 aliphatic rings. The molecule has 6 nitrogen and oxygen atoms in total. The molecule has 1 fully saturated rings. The van der Waals surface area contributed by atoms with E-state index in [0.29, 0.717) is 10.7 Å². The van der Waals surface area contributed by atoms with Crippen LogP contribution in [0.5, 0.6) is 5.75 Å². The van der Waals surface area contributed by atoms with Gasteiger partial charge in [0, 0.05) is 29.2 Å². The lowest BCUT2D eigenvalue weighted by molar-refractivity contribution is 0.292. The summed E-state index contributed by atoms with van der Waals surface area (Å²) in [4.78, 5) is 9.10. The molecule has 8 heteroatoms. The van der Waals surface area contributed by atoms with E-state index in [4.69, 9.17) is 23.8 Å². The van der Waals surface area contributed by atoms with E-state index in [-0.39, 0.29) is 17.8 Å². The number of phenols is 1. The molecule has 174 valence electrons. The summed E-state index contributed by atoms with van der Waals surface area (Å²) in [5, 5.41) is 15.4. The Balaban J connectivity index is 1.80. The Bertz CT molecular complexity index is 1150. The lowest BCUT2D eigenvalue weighted by Crippen LogP contribution is -2.32. The van der Waals surface area contributed by atoms with Crippen LogP contribution in [0.2, 0.25) is 5.02 Å². The minimum atomic E-state index is -0.0695. The molecule has 1 aromatic carbocycles. The van der Waals surface area contributed by atoms with E-state index in [1.807, 2.05) is 31.3 Å². The molecule has 0 unspecified atom stereocenters. The number of aromatic nitrogens is 2. The molecule has 2 N–H and O–H groups in total. The second-order valence-corrected chi connectivity index (χ2v) is 9.59. The average molecular weight is 484 g/mol. The van der Waals surface area contributed by atoms with Crippen molar-refractivity contribution in [1.82, 2.24) is 24.7 Å². The maximum atomic E-state index is 10.6. The second-order valence-electron chi connectivity index (χ2n) is 8.77.